The van der Waals surface area contributed by atoms with Crippen LogP contribution < -0.4 is 5.73 Å². The van der Waals surface area contributed by atoms with E-state index in [0.717, 1.165) is 31.8 Å². The van der Waals surface area contributed by atoms with Crippen molar-refractivity contribution in [3.8, 4) is 0 Å². The second-order valence-corrected chi connectivity index (χ2v) is 6.20. The molecule has 1 aliphatic heterocycles. The van der Waals surface area contributed by atoms with Crippen LogP contribution in [0.3, 0.4) is 0 Å². The summed E-state index contributed by atoms with van der Waals surface area (Å²) in [7, 11) is 0. The molecule has 1 heterocycles. The lowest BCUT2D eigenvalue weighted by Crippen LogP contribution is -2.38. The lowest BCUT2D eigenvalue weighted by atomic mass is 9.83. The van der Waals surface area contributed by atoms with E-state index in [9.17, 15) is 4.79 Å². The molecule has 2 aliphatic rings. The van der Waals surface area contributed by atoms with E-state index in [-0.39, 0.29) is 6.04 Å². The molecule has 3 unspecified atom stereocenters. The number of amides is 1. The fraction of sp³-hybridized carbons (Fsp3) is 0.933. The van der Waals surface area contributed by atoms with Gasteiger partial charge in [0.25, 0.3) is 0 Å². The van der Waals surface area contributed by atoms with Gasteiger partial charge in [-0.3, -0.25) is 4.79 Å². The summed E-state index contributed by atoms with van der Waals surface area (Å²) in [5, 5.41) is 0. The van der Waals surface area contributed by atoms with Crippen molar-refractivity contribution < 1.29 is 4.79 Å². The number of hydrogen-bond acceptors (Lipinski definition) is 2. The fourth-order valence-corrected chi connectivity index (χ4v) is 3.55. The molecule has 1 saturated carbocycles. The van der Waals surface area contributed by atoms with Crippen LogP contribution in [0.15, 0.2) is 0 Å². The van der Waals surface area contributed by atoms with E-state index < -0.39 is 0 Å². The van der Waals surface area contributed by atoms with Gasteiger partial charge in [0, 0.05) is 25.6 Å². The third-order valence-corrected chi connectivity index (χ3v) is 4.74. The highest BCUT2D eigenvalue weighted by Crippen LogP contribution is 2.28. The molecule has 3 nitrogen and oxygen atoms in total. The van der Waals surface area contributed by atoms with Gasteiger partial charge in [0.15, 0.2) is 0 Å². The van der Waals surface area contributed by atoms with Gasteiger partial charge in [-0.05, 0) is 37.5 Å². The molecule has 2 N–H and O–H groups in total. The van der Waals surface area contributed by atoms with Crippen molar-refractivity contribution in [2.45, 2.75) is 64.3 Å². The third kappa shape index (κ3) is 3.47. The number of carbonyl (C=O) groups excluding carboxylic acids is 1. The van der Waals surface area contributed by atoms with Gasteiger partial charge in [-0.2, -0.15) is 0 Å². The molecule has 3 atom stereocenters. The Morgan fingerprint density at radius 2 is 2.06 bits per heavy atom. The normalized spacial score (nSPS) is 32.8. The Morgan fingerprint density at radius 3 is 2.78 bits per heavy atom. The molecule has 0 aromatic carbocycles. The summed E-state index contributed by atoms with van der Waals surface area (Å²) in [6, 6.07) is 0.261. The number of nitrogens with two attached hydrogens (primary N) is 1. The van der Waals surface area contributed by atoms with Crippen LogP contribution in [0.4, 0.5) is 0 Å². The minimum absolute atomic E-state index is 0.261. The van der Waals surface area contributed by atoms with E-state index in [4.69, 9.17) is 5.73 Å². The number of hydrogen-bond donors (Lipinski definition) is 1. The fourth-order valence-electron chi connectivity index (χ4n) is 3.55. The minimum atomic E-state index is 0.261. The monoisotopic (exact) mass is 252 g/mol. The molecule has 0 bridgehead atoms. The van der Waals surface area contributed by atoms with Crippen LogP contribution in [0.5, 0.6) is 0 Å². The maximum Gasteiger partial charge on any atom is 0.222 e. The number of carbonyl (C=O) groups is 1. The van der Waals surface area contributed by atoms with Crippen LogP contribution in [-0.2, 0) is 4.79 Å². The number of likely N-dealkylation sites (tertiary alicyclic amines) is 1. The quantitative estimate of drug-likeness (QED) is 0.835. The smallest absolute Gasteiger partial charge is 0.222 e. The molecule has 0 aromatic rings. The van der Waals surface area contributed by atoms with Gasteiger partial charge in [0.2, 0.25) is 5.91 Å². The van der Waals surface area contributed by atoms with Crippen LogP contribution in [0, 0.1) is 11.8 Å². The van der Waals surface area contributed by atoms with Crippen LogP contribution in [0.2, 0.25) is 0 Å². The molecule has 0 spiro atoms. The molecule has 2 rings (SSSR count). The molecule has 0 aromatic heterocycles. The zero-order chi connectivity index (χ0) is 13.0. The lowest BCUT2D eigenvalue weighted by molar-refractivity contribution is -0.131. The first-order valence-electron chi connectivity index (χ1n) is 7.74. The van der Waals surface area contributed by atoms with Crippen molar-refractivity contribution >= 4 is 5.91 Å². The van der Waals surface area contributed by atoms with Crippen molar-refractivity contribution in [3.05, 3.63) is 0 Å². The third-order valence-electron chi connectivity index (χ3n) is 4.74. The Balaban J connectivity index is 1.77. The average Bonchev–Trinajstić information content (AvgIpc) is 2.81. The number of rotatable bonds is 4. The SMILES string of the molecule is CCCC1CCN(C(=O)CC2CCCCC2N)C1. The standard InChI is InChI=1S/C15H28N2O/c1-2-5-12-8-9-17(11-12)15(18)10-13-6-3-4-7-14(13)16/h12-14H,2-11,16H2,1H3. The summed E-state index contributed by atoms with van der Waals surface area (Å²) < 4.78 is 0. The Hall–Kier alpha value is -0.570. The first-order chi connectivity index (χ1) is 8.70. The molecule has 3 heteroatoms. The Labute approximate surface area is 111 Å². The lowest BCUT2D eigenvalue weighted by Gasteiger charge is -2.29. The first-order valence-corrected chi connectivity index (χ1v) is 7.74. The van der Waals surface area contributed by atoms with E-state index in [1.165, 1.54) is 32.1 Å². The van der Waals surface area contributed by atoms with Crippen LogP contribution in [0.1, 0.15) is 58.3 Å². The second kappa shape index (κ2) is 6.55. The molecule has 0 radical (unpaired) electrons. The van der Waals surface area contributed by atoms with Gasteiger partial charge in [-0.15, -0.1) is 0 Å². The highest BCUT2D eigenvalue weighted by Gasteiger charge is 2.29. The zero-order valence-corrected chi connectivity index (χ0v) is 11.7. The largest absolute Gasteiger partial charge is 0.342 e. The highest BCUT2D eigenvalue weighted by molar-refractivity contribution is 5.76. The van der Waals surface area contributed by atoms with Gasteiger partial charge < -0.3 is 10.6 Å². The maximum absolute atomic E-state index is 12.3. The van der Waals surface area contributed by atoms with E-state index in [0.29, 0.717) is 18.2 Å². The summed E-state index contributed by atoms with van der Waals surface area (Å²) in [5.41, 5.74) is 6.13. The zero-order valence-electron chi connectivity index (χ0n) is 11.7. The van der Waals surface area contributed by atoms with Crippen molar-refractivity contribution in [2.24, 2.45) is 17.6 Å². The van der Waals surface area contributed by atoms with Gasteiger partial charge in [-0.25, -0.2) is 0 Å². The second-order valence-electron chi connectivity index (χ2n) is 6.20. The predicted octanol–water partition coefficient (Wildman–Crippen LogP) is 2.54. The first kappa shape index (κ1) is 13.9. The van der Waals surface area contributed by atoms with Gasteiger partial charge in [0.05, 0.1) is 0 Å². The van der Waals surface area contributed by atoms with E-state index in [1.807, 2.05) is 0 Å². The topological polar surface area (TPSA) is 46.3 Å². The molecule has 1 amide bonds. The molecule has 18 heavy (non-hydrogen) atoms. The van der Waals surface area contributed by atoms with Crippen LogP contribution in [-0.4, -0.2) is 29.9 Å². The molecule has 1 saturated heterocycles. The Kier molecular flexibility index (Phi) is 5.04. The van der Waals surface area contributed by atoms with Crippen molar-refractivity contribution in [1.82, 2.24) is 4.90 Å². The molecular formula is C15H28N2O. The van der Waals surface area contributed by atoms with Gasteiger partial charge in [0.1, 0.15) is 0 Å². The minimum Gasteiger partial charge on any atom is -0.342 e. The number of nitrogens with zero attached hydrogens (tertiary/aromatic N) is 1. The average molecular weight is 252 g/mol. The molecule has 104 valence electrons. The van der Waals surface area contributed by atoms with E-state index in [2.05, 4.69) is 11.8 Å². The van der Waals surface area contributed by atoms with Crippen molar-refractivity contribution in [1.29, 1.82) is 0 Å². The molecule has 2 fully saturated rings. The highest BCUT2D eigenvalue weighted by atomic mass is 16.2. The van der Waals surface area contributed by atoms with Crippen LogP contribution in [0.25, 0.3) is 0 Å². The van der Waals surface area contributed by atoms with Crippen molar-refractivity contribution in [2.75, 3.05) is 13.1 Å². The summed E-state index contributed by atoms with van der Waals surface area (Å²) in [5.74, 6) is 1.55. The summed E-state index contributed by atoms with van der Waals surface area (Å²) >= 11 is 0. The van der Waals surface area contributed by atoms with Gasteiger partial charge in [-0.1, -0.05) is 26.2 Å². The summed E-state index contributed by atoms with van der Waals surface area (Å²) in [6.07, 6.45) is 9.16. The maximum atomic E-state index is 12.3. The Bertz CT molecular complexity index is 280. The van der Waals surface area contributed by atoms with Crippen LogP contribution >= 0.6 is 0 Å². The predicted molar refractivity (Wildman–Crippen MR) is 74.1 cm³/mol. The molecule has 1 aliphatic carbocycles. The summed E-state index contributed by atoms with van der Waals surface area (Å²) in [4.78, 5) is 14.4. The van der Waals surface area contributed by atoms with E-state index >= 15 is 0 Å². The van der Waals surface area contributed by atoms with E-state index in [1.54, 1.807) is 0 Å². The Morgan fingerprint density at radius 1 is 1.28 bits per heavy atom. The van der Waals surface area contributed by atoms with Gasteiger partial charge >= 0.3 is 0 Å². The van der Waals surface area contributed by atoms with Crippen molar-refractivity contribution in [3.63, 3.8) is 0 Å². The molecular weight excluding hydrogens is 224 g/mol. The summed E-state index contributed by atoms with van der Waals surface area (Å²) in [6.45, 7) is 4.20.